The molecule has 0 aliphatic carbocycles. The van der Waals surface area contributed by atoms with Gasteiger partial charge in [-0.1, -0.05) is 29.8 Å². The molecule has 0 saturated carbocycles. The first-order valence-corrected chi connectivity index (χ1v) is 7.11. The number of ether oxygens (including phenoxy) is 1. The molecule has 0 spiro atoms. The molecule has 4 heteroatoms. The lowest BCUT2D eigenvalue weighted by Gasteiger charge is -2.20. The summed E-state index contributed by atoms with van der Waals surface area (Å²) in [5.74, 6) is 0. The van der Waals surface area contributed by atoms with Gasteiger partial charge in [-0.15, -0.1) is 0 Å². The Hall–Kier alpha value is -0.610. The largest absolute Gasteiger partial charge is 0.388 e. The molecule has 0 aliphatic heterocycles. The fourth-order valence-electron chi connectivity index (χ4n) is 1.80. The third kappa shape index (κ3) is 6.39. The second-order valence-electron chi connectivity index (χ2n) is 5.05. The Bertz CT molecular complexity index is 371. The van der Waals surface area contributed by atoms with Crippen LogP contribution >= 0.6 is 11.6 Å². The zero-order valence-corrected chi connectivity index (χ0v) is 12.7. The summed E-state index contributed by atoms with van der Waals surface area (Å²) in [6, 6.07) is 7.44. The van der Waals surface area contributed by atoms with Crippen LogP contribution in [-0.4, -0.2) is 42.9 Å². The molecule has 0 saturated heterocycles. The van der Waals surface area contributed by atoms with Gasteiger partial charge in [-0.25, -0.2) is 0 Å². The van der Waals surface area contributed by atoms with E-state index in [1.807, 2.05) is 39.1 Å². The molecule has 0 heterocycles. The van der Waals surface area contributed by atoms with E-state index in [0.29, 0.717) is 11.4 Å². The van der Waals surface area contributed by atoms with Gasteiger partial charge in [0.15, 0.2) is 0 Å². The van der Waals surface area contributed by atoms with E-state index in [2.05, 4.69) is 4.90 Å². The van der Waals surface area contributed by atoms with Gasteiger partial charge in [0.25, 0.3) is 0 Å². The van der Waals surface area contributed by atoms with E-state index in [1.54, 1.807) is 6.07 Å². The average Bonchev–Trinajstić information content (AvgIpc) is 2.36. The summed E-state index contributed by atoms with van der Waals surface area (Å²) >= 11 is 6.06. The van der Waals surface area contributed by atoms with Crippen molar-refractivity contribution < 1.29 is 9.84 Å². The van der Waals surface area contributed by atoms with Crippen LogP contribution in [-0.2, 0) is 4.74 Å². The first kappa shape index (κ1) is 16.4. The van der Waals surface area contributed by atoms with E-state index in [-0.39, 0.29) is 6.10 Å². The van der Waals surface area contributed by atoms with Gasteiger partial charge in [-0.05, 0) is 38.9 Å². The highest BCUT2D eigenvalue weighted by Crippen LogP contribution is 2.24. The van der Waals surface area contributed by atoms with Crippen molar-refractivity contribution in [3.8, 4) is 0 Å². The summed E-state index contributed by atoms with van der Waals surface area (Å²) in [6.07, 6.45) is 0.423. The minimum Gasteiger partial charge on any atom is -0.388 e. The lowest BCUT2D eigenvalue weighted by Crippen LogP contribution is -2.26. The van der Waals surface area contributed by atoms with Gasteiger partial charge >= 0.3 is 0 Å². The molecule has 0 amide bonds. The molecule has 1 aromatic rings. The van der Waals surface area contributed by atoms with Crippen molar-refractivity contribution in [2.24, 2.45) is 0 Å². The standard InChI is InChI=1S/C15H24ClNO2/c1-12(2)19-11-10-17(3)9-8-15(18)13-6-4-5-7-14(13)16/h4-7,12,15,18H,8-11H2,1-3H3. The minimum atomic E-state index is -0.512. The Morgan fingerprint density at radius 1 is 1.26 bits per heavy atom. The van der Waals surface area contributed by atoms with E-state index in [9.17, 15) is 5.11 Å². The van der Waals surface area contributed by atoms with Gasteiger partial charge in [-0.3, -0.25) is 0 Å². The van der Waals surface area contributed by atoms with E-state index in [1.165, 1.54) is 0 Å². The molecule has 108 valence electrons. The third-order valence-corrected chi connectivity index (χ3v) is 3.32. The van der Waals surface area contributed by atoms with Gasteiger partial charge in [0.2, 0.25) is 0 Å². The number of aliphatic hydroxyl groups is 1. The minimum absolute atomic E-state index is 0.266. The first-order valence-electron chi connectivity index (χ1n) is 6.73. The molecule has 1 atom stereocenters. The zero-order chi connectivity index (χ0) is 14.3. The number of hydrogen-bond donors (Lipinski definition) is 1. The third-order valence-electron chi connectivity index (χ3n) is 2.97. The van der Waals surface area contributed by atoms with Crippen LogP contribution in [0.15, 0.2) is 24.3 Å². The molecule has 19 heavy (non-hydrogen) atoms. The fourth-order valence-corrected chi connectivity index (χ4v) is 2.06. The van der Waals surface area contributed by atoms with Crippen molar-refractivity contribution in [3.05, 3.63) is 34.9 Å². The van der Waals surface area contributed by atoms with Crippen LogP contribution in [0.2, 0.25) is 5.02 Å². The van der Waals surface area contributed by atoms with Crippen LogP contribution in [0.25, 0.3) is 0 Å². The molecule has 3 nitrogen and oxygen atoms in total. The Morgan fingerprint density at radius 3 is 2.58 bits per heavy atom. The maximum atomic E-state index is 10.1. The molecule has 1 unspecified atom stereocenters. The molecule has 0 aliphatic rings. The molecule has 0 radical (unpaired) electrons. The molecule has 0 bridgehead atoms. The Kier molecular flexibility index (Phi) is 7.39. The van der Waals surface area contributed by atoms with Crippen LogP contribution in [0.5, 0.6) is 0 Å². The van der Waals surface area contributed by atoms with Crippen LogP contribution in [0, 0.1) is 0 Å². The predicted molar refractivity (Wildman–Crippen MR) is 79.6 cm³/mol. The maximum Gasteiger partial charge on any atom is 0.0816 e. The van der Waals surface area contributed by atoms with Crippen molar-refractivity contribution in [2.75, 3.05) is 26.7 Å². The summed E-state index contributed by atoms with van der Waals surface area (Å²) in [7, 11) is 2.03. The second kappa shape index (κ2) is 8.54. The van der Waals surface area contributed by atoms with Gasteiger partial charge < -0.3 is 14.7 Å². The number of rotatable bonds is 8. The topological polar surface area (TPSA) is 32.7 Å². The van der Waals surface area contributed by atoms with Crippen LogP contribution in [0.3, 0.4) is 0 Å². The number of benzene rings is 1. The SMILES string of the molecule is CC(C)OCCN(C)CCC(O)c1ccccc1Cl. The number of likely N-dealkylation sites (N-methyl/N-ethyl adjacent to an activating group) is 1. The van der Waals surface area contributed by atoms with Crippen LogP contribution in [0.1, 0.15) is 31.9 Å². The smallest absolute Gasteiger partial charge is 0.0816 e. The molecule has 0 fully saturated rings. The second-order valence-corrected chi connectivity index (χ2v) is 5.46. The Morgan fingerprint density at radius 2 is 1.95 bits per heavy atom. The van der Waals surface area contributed by atoms with Gasteiger partial charge in [-0.2, -0.15) is 0 Å². The van der Waals surface area contributed by atoms with Crippen LogP contribution < -0.4 is 0 Å². The van der Waals surface area contributed by atoms with Gasteiger partial charge in [0.1, 0.15) is 0 Å². The summed E-state index contributed by atoms with van der Waals surface area (Å²) in [5, 5.41) is 10.7. The summed E-state index contributed by atoms with van der Waals surface area (Å²) in [5.41, 5.74) is 0.802. The molecule has 1 aromatic carbocycles. The van der Waals surface area contributed by atoms with E-state index in [4.69, 9.17) is 16.3 Å². The summed E-state index contributed by atoms with van der Waals surface area (Å²) in [4.78, 5) is 2.16. The monoisotopic (exact) mass is 285 g/mol. The number of nitrogens with zero attached hydrogens (tertiary/aromatic N) is 1. The highest BCUT2D eigenvalue weighted by atomic mass is 35.5. The van der Waals surface area contributed by atoms with Gasteiger partial charge in [0.05, 0.1) is 18.8 Å². The van der Waals surface area contributed by atoms with Crippen molar-refractivity contribution in [1.82, 2.24) is 4.90 Å². The molecule has 0 aromatic heterocycles. The van der Waals surface area contributed by atoms with E-state index >= 15 is 0 Å². The summed E-state index contributed by atoms with van der Waals surface area (Å²) < 4.78 is 5.50. The van der Waals surface area contributed by atoms with Crippen molar-refractivity contribution >= 4 is 11.6 Å². The quantitative estimate of drug-likeness (QED) is 0.797. The summed E-state index contributed by atoms with van der Waals surface area (Å²) in [6.45, 7) is 6.46. The van der Waals surface area contributed by atoms with Crippen molar-refractivity contribution in [1.29, 1.82) is 0 Å². The van der Waals surface area contributed by atoms with Crippen LogP contribution in [0.4, 0.5) is 0 Å². The highest BCUT2D eigenvalue weighted by Gasteiger charge is 2.11. The normalized spacial score (nSPS) is 13.2. The molecular formula is C15H24ClNO2. The number of aliphatic hydroxyl groups excluding tert-OH is 1. The Labute approximate surface area is 121 Å². The lowest BCUT2D eigenvalue weighted by atomic mass is 10.1. The molecule has 1 rings (SSSR count). The van der Waals surface area contributed by atoms with Crippen molar-refractivity contribution in [3.63, 3.8) is 0 Å². The average molecular weight is 286 g/mol. The van der Waals surface area contributed by atoms with Crippen molar-refractivity contribution in [2.45, 2.75) is 32.5 Å². The first-order chi connectivity index (χ1) is 9.00. The molecular weight excluding hydrogens is 262 g/mol. The fraction of sp³-hybridized carbons (Fsp3) is 0.600. The highest BCUT2D eigenvalue weighted by molar-refractivity contribution is 6.31. The van der Waals surface area contributed by atoms with Gasteiger partial charge in [0, 0.05) is 18.1 Å². The molecule has 1 N–H and O–H groups in total. The van der Waals surface area contributed by atoms with E-state index in [0.717, 1.165) is 25.3 Å². The zero-order valence-electron chi connectivity index (χ0n) is 12.0. The number of hydrogen-bond acceptors (Lipinski definition) is 3. The maximum absolute atomic E-state index is 10.1. The van der Waals surface area contributed by atoms with E-state index < -0.39 is 6.10 Å². The lowest BCUT2D eigenvalue weighted by molar-refractivity contribution is 0.0601. The predicted octanol–water partition coefficient (Wildman–Crippen LogP) is 3.12. The Balaban J connectivity index is 2.30. The number of halogens is 1.